The van der Waals surface area contributed by atoms with Crippen LogP contribution < -0.4 is 5.32 Å². The molecule has 1 aromatic carbocycles. The first-order valence-corrected chi connectivity index (χ1v) is 7.17. The van der Waals surface area contributed by atoms with Gasteiger partial charge in [-0.2, -0.15) is 0 Å². The fourth-order valence-corrected chi connectivity index (χ4v) is 3.08. The molecule has 1 saturated heterocycles. The highest BCUT2D eigenvalue weighted by atomic mass is 16.2. The molecule has 3 rings (SSSR count). The molecule has 0 radical (unpaired) electrons. The zero-order valence-electron chi connectivity index (χ0n) is 12.3. The van der Waals surface area contributed by atoms with Crippen molar-refractivity contribution in [3.63, 3.8) is 0 Å². The van der Waals surface area contributed by atoms with E-state index in [1.54, 1.807) is 0 Å². The summed E-state index contributed by atoms with van der Waals surface area (Å²) in [6.45, 7) is 9.49. The molecule has 0 unspecified atom stereocenters. The molecular weight excluding hydrogens is 250 g/mol. The van der Waals surface area contributed by atoms with Gasteiger partial charge in [0.05, 0.1) is 5.56 Å². The lowest BCUT2D eigenvalue weighted by Crippen LogP contribution is -2.46. The van der Waals surface area contributed by atoms with Crippen LogP contribution in [0.2, 0.25) is 0 Å². The second kappa shape index (κ2) is 4.94. The average Bonchev–Trinajstić information content (AvgIpc) is 2.76. The van der Waals surface area contributed by atoms with Gasteiger partial charge in [-0.25, -0.2) is 0 Å². The van der Waals surface area contributed by atoms with Crippen molar-refractivity contribution < 1.29 is 4.79 Å². The third kappa shape index (κ3) is 2.10. The lowest BCUT2D eigenvalue weighted by atomic mass is 10.0. The van der Waals surface area contributed by atoms with Gasteiger partial charge in [0, 0.05) is 42.8 Å². The number of hydrogen-bond donors (Lipinski definition) is 2. The van der Waals surface area contributed by atoms with Crippen LogP contribution in [0.25, 0.3) is 10.9 Å². The lowest BCUT2D eigenvalue weighted by Gasteiger charge is -2.27. The number of amides is 1. The van der Waals surface area contributed by atoms with E-state index in [9.17, 15) is 4.79 Å². The Morgan fingerprint density at radius 1 is 1.15 bits per heavy atom. The van der Waals surface area contributed by atoms with E-state index in [0.717, 1.165) is 48.3 Å². The van der Waals surface area contributed by atoms with Crippen LogP contribution in [-0.2, 0) is 0 Å². The van der Waals surface area contributed by atoms with Crippen molar-refractivity contribution in [1.82, 2.24) is 15.2 Å². The number of aromatic nitrogens is 1. The zero-order chi connectivity index (χ0) is 14.3. The summed E-state index contributed by atoms with van der Waals surface area (Å²) >= 11 is 0. The second-order valence-electron chi connectivity index (χ2n) is 5.67. The van der Waals surface area contributed by atoms with Gasteiger partial charge < -0.3 is 15.2 Å². The molecule has 4 heteroatoms. The van der Waals surface area contributed by atoms with Gasteiger partial charge in [-0.05, 0) is 32.4 Å². The van der Waals surface area contributed by atoms with E-state index >= 15 is 0 Å². The molecule has 0 aliphatic carbocycles. The van der Waals surface area contributed by atoms with Crippen LogP contribution in [0, 0.1) is 20.8 Å². The molecule has 0 saturated carbocycles. The predicted molar refractivity (Wildman–Crippen MR) is 81.3 cm³/mol. The molecule has 4 nitrogen and oxygen atoms in total. The maximum Gasteiger partial charge on any atom is 0.256 e. The van der Waals surface area contributed by atoms with Gasteiger partial charge in [0.25, 0.3) is 5.91 Å². The van der Waals surface area contributed by atoms with E-state index in [-0.39, 0.29) is 5.91 Å². The minimum absolute atomic E-state index is 0.153. The van der Waals surface area contributed by atoms with E-state index in [1.807, 2.05) is 11.8 Å². The third-order valence-electron chi connectivity index (χ3n) is 4.05. The van der Waals surface area contributed by atoms with Crippen LogP contribution in [0.3, 0.4) is 0 Å². The SMILES string of the molecule is Cc1cc(C)c2[nH]c(C)c(C(=O)N3CCNCC3)c2c1. The van der Waals surface area contributed by atoms with Gasteiger partial charge in [0.15, 0.2) is 0 Å². The maximum absolute atomic E-state index is 12.8. The van der Waals surface area contributed by atoms with Gasteiger partial charge in [-0.15, -0.1) is 0 Å². The topological polar surface area (TPSA) is 48.1 Å². The molecule has 1 fully saturated rings. The van der Waals surface area contributed by atoms with Gasteiger partial charge in [-0.1, -0.05) is 11.6 Å². The van der Waals surface area contributed by atoms with Crippen LogP contribution in [0.15, 0.2) is 12.1 Å². The number of hydrogen-bond acceptors (Lipinski definition) is 2. The number of aryl methyl sites for hydroxylation is 3. The van der Waals surface area contributed by atoms with Crippen molar-refractivity contribution in [3.8, 4) is 0 Å². The molecule has 20 heavy (non-hydrogen) atoms. The van der Waals surface area contributed by atoms with E-state index in [2.05, 4.69) is 36.3 Å². The van der Waals surface area contributed by atoms with E-state index in [4.69, 9.17) is 0 Å². The van der Waals surface area contributed by atoms with Crippen molar-refractivity contribution in [2.45, 2.75) is 20.8 Å². The van der Waals surface area contributed by atoms with Crippen LogP contribution in [0.1, 0.15) is 27.2 Å². The molecule has 0 atom stereocenters. The molecule has 1 aliphatic rings. The van der Waals surface area contributed by atoms with Gasteiger partial charge in [0.1, 0.15) is 0 Å². The Hall–Kier alpha value is -1.81. The van der Waals surface area contributed by atoms with Crippen LogP contribution in [0.4, 0.5) is 0 Å². The molecule has 0 bridgehead atoms. The smallest absolute Gasteiger partial charge is 0.256 e. The number of fused-ring (bicyclic) bond motifs is 1. The molecule has 1 aromatic heterocycles. The number of piperazine rings is 1. The van der Waals surface area contributed by atoms with Crippen molar-refractivity contribution >= 4 is 16.8 Å². The molecule has 0 spiro atoms. The number of carbonyl (C=O) groups is 1. The van der Waals surface area contributed by atoms with Crippen molar-refractivity contribution in [3.05, 3.63) is 34.5 Å². The Bertz CT molecular complexity index is 666. The normalized spacial score (nSPS) is 15.8. The average molecular weight is 271 g/mol. The zero-order valence-corrected chi connectivity index (χ0v) is 12.3. The van der Waals surface area contributed by atoms with Crippen LogP contribution >= 0.6 is 0 Å². The maximum atomic E-state index is 12.8. The summed E-state index contributed by atoms with van der Waals surface area (Å²) < 4.78 is 0. The Morgan fingerprint density at radius 2 is 1.85 bits per heavy atom. The lowest BCUT2D eigenvalue weighted by molar-refractivity contribution is 0.0737. The number of nitrogens with one attached hydrogen (secondary N) is 2. The summed E-state index contributed by atoms with van der Waals surface area (Å²) in [7, 11) is 0. The van der Waals surface area contributed by atoms with Crippen molar-refractivity contribution in [2.24, 2.45) is 0 Å². The van der Waals surface area contributed by atoms with Crippen molar-refractivity contribution in [2.75, 3.05) is 26.2 Å². The van der Waals surface area contributed by atoms with Crippen LogP contribution in [0.5, 0.6) is 0 Å². The molecule has 2 heterocycles. The molecule has 106 valence electrons. The van der Waals surface area contributed by atoms with Crippen molar-refractivity contribution in [1.29, 1.82) is 0 Å². The molecular formula is C16H21N3O. The summed E-state index contributed by atoms with van der Waals surface area (Å²) in [4.78, 5) is 18.1. The minimum atomic E-state index is 0.153. The van der Waals surface area contributed by atoms with Crippen LogP contribution in [-0.4, -0.2) is 42.0 Å². The number of H-pyrrole nitrogens is 1. The Morgan fingerprint density at radius 3 is 2.55 bits per heavy atom. The predicted octanol–water partition coefficient (Wildman–Crippen LogP) is 2.14. The summed E-state index contributed by atoms with van der Waals surface area (Å²) in [5.74, 6) is 0.153. The Kier molecular flexibility index (Phi) is 3.26. The summed E-state index contributed by atoms with van der Waals surface area (Å²) in [6, 6.07) is 4.26. The molecule has 2 N–H and O–H groups in total. The number of aromatic amines is 1. The minimum Gasteiger partial charge on any atom is -0.358 e. The fraction of sp³-hybridized carbons (Fsp3) is 0.438. The highest BCUT2D eigenvalue weighted by Gasteiger charge is 2.23. The van der Waals surface area contributed by atoms with Gasteiger partial charge in [-0.3, -0.25) is 4.79 Å². The highest BCUT2D eigenvalue weighted by Crippen LogP contribution is 2.27. The summed E-state index contributed by atoms with van der Waals surface area (Å²) in [5, 5.41) is 4.34. The number of rotatable bonds is 1. The molecule has 1 amide bonds. The first kappa shape index (κ1) is 13.2. The number of carbonyl (C=O) groups excluding carboxylic acids is 1. The van der Waals surface area contributed by atoms with E-state index < -0.39 is 0 Å². The largest absolute Gasteiger partial charge is 0.358 e. The highest BCUT2D eigenvalue weighted by molar-refractivity contribution is 6.09. The third-order valence-corrected chi connectivity index (χ3v) is 4.05. The number of benzene rings is 1. The molecule has 1 aliphatic heterocycles. The van der Waals surface area contributed by atoms with E-state index in [0.29, 0.717) is 0 Å². The Balaban J connectivity index is 2.10. The molecule has 2 aromatic rings. The summed E-state index contributed by atoms with van der Waals surface area (Å²) in [5.41, 5.74) is 5.29. The summed E-state index contributed by atoms with van der Waals surface area (Å²) in [6.07, 6.45) is 0. The second-order valence-corrected chi connectivity index (χ2v) is 5.67. The first-order valence-electron chi connectivity index (χ1n) is 7.17. The standard InChI is InChI=1S/C16H21N3O/c1-10-8-11(2)15-13(9-10)14(12(3)18-15)16(20)19-6-4-17-5-7-19/h8-9,17-18H,4-7H2,1-3H3. The van der Waals surface area contributed by atoms with Gasteiger partial charge >= 0.3 is 0 Å². The number of nitrogens with zero attached hydrogens (tertiary/aromatic N) is 1. The quantitative estimate of drug-likeness (QED) is 0.835. The van der Waals surface area contributed by atoms with E-state index in [1.165, 1.54) is 11.1 Å². The monoisotopic (exact) mass is 271 g/mol. The Labute approximate surface area is 119 Å². The fourth-order valence-electron chi connectivity index (χ4n) is 3.08. The van der Waals surface area contributed by atoms with Gasteiger partial charge in [0.2, 0.25) is 0 Å². The first-order chi connectivity index (χ1) is 9.58.